The second-order valence-corrected chi connectivity index (χ2v) is 6.46. The van der Waals surface area contributed by atoms with Gasteiger partial charge in [0.2, 0.25) is 11.1 Å². The molecule has 1 N–H and O–H groups in total. The highest BCUT2D eigenvalue weighted by Crippen LogP contribution is 2.24. The van der Waals surface area contributed by atoms with Gasteiger partial charge >= 0.3 is 6.61 Å². The predicted molar refractivity (Wildman–Crippen MR) is 85.2 cm³/mol. The van der Waals surface area contributed by atoms with Gasteiger partial charge in [-0.2, -0.15) is 8.78 Å². The second kappa shape index (κ2) is 8.04. The van der Waals surface area contributed by atoms with Crippen molar-refractivity contribution in [2.75, 3.05) is 5.32 Å². The molecular weight excluding hydrogens is 340 g/mol. The molecule has 0 aliphatic rings. The Morgan fingerprint density at radius 2 is 1.92 bits per heavy atom. The molecule has 130 valence electrons. The predicted octanol–water partition coefficient (Wildman–Crippen LogP) is 2.97. The monoisotopic (exact) mass is 357 g/mol. The fraction of sp³-hybridized carbons (Fsp3) is 0.429. The third-order valence-corrected chi connectivity index (χ3v) is 4.00. The number of anilines is 1. The van der Waals surface area contributed by atoms with Gasteiger partial charge in [-0.3, -0.25) is 4.79 Å². The number of benzene rings is 1. The first-order chi connectivity index (χ1) is 11.4. The van der Waals surface area contributed by atoms with Gasteiger partial charge in [-0.1, -0.05) is 11.8 Å². The average molecular weight is 357 g/mol. The number of nitrogens with zero attached hydrogens (tertiary/aromatic N) is 4. The molecule has 1 atom stereocenters. The highest BCUT2D eigenvalue weighted by Gasteiger charge is 2.19. The molecule has 1 unspecified atom stereocenters. The van der Waals surface area contributed by atoms with Gasteiger partial charge < -0.3 is 10.1 Å². The Balaban J connectivity index is 1.95. The Labute approximate surface area is 141 Å². The van der Waals surface area contributed by atoms with Crippen molar-refractivity contribution in [3.63, 3.8) is 0 Å². The largest absolute Gasteiger partial charge is 0.435 e. The van der Waals surface area contributed by atoms with E-state index in [2.05, 4.69) is 25.6 Å². The number of nitrogens with one attached hydrogen (secondary N) is 1. The van der Waals surface area contributed by atoms with Gasteiger partial charge in [-0.15, -0.1) is 5.10 Å². The normalized spacial score (nSPS) is 12.5. The molecule has 0 radical (unpaired) electrons. The maximum absolute atomic E-state index is 12.2. The Kier molecular flexibility index (Phi) is 6.07. The third kappa shape index (κ3) is 4.88. The van der Waals surface area contributed by atoms with Gasteiger partial charge in [0.05, 0.1) is 11.3 Å². The number of amides is 1. The first-order valence-corrected chi connectivity index (χ1v) is 8.05. The smallest absolute Gasteiger partial charge is 0.387 e. The molecule has 2 aromatic rings. The molecule has 10 heteroatoms. The summed E-state index contributed by atoms with van der Waals surface area (Å²) in [6.45, 7) is 2.73. The Morgan fingerprint density at radius 3 is 2.50 bits per heavy atom. The van der Waals surface area contributed by atoms with Crippen molar-refractivity contribution in [2.45, 2.75) is 43.8 Å². The summed E-state index contributed by atoms with van der Waals surface area (Å²) in [7, 11) is 0. The van der Waals surface area contributed by atoms with Crippen LogP contribution in [0.2, 0.25) is 0 Å². The number of tetrazole rings is 1. The summed E-state index contributed by atoms with van der Waals surface area (Å²) >= 11 is 1.24. The average Bonchev–Trinajstić information content (AvgIpc) is 2.97. The van der Waals surface area contributed by atoms with E-state index in [9.17, 15) is 13.6 Å². The summed E-state index contributed by atoms with van der Waals surface area (Å²) in [5.74, 6) is -0.220. The van der Waals surface area contributed by atoms with Crippen LogP contribution in [0.1, 0.15) is 26.8 Å². The summed E-state index contributed by atoms with van der Waals surface area (Å²) < 4.78 is 30.1. The lowest BCUT2D eigenvalue weighted by atomic mass is 10.3. The number of carbonyl (C=O) groups excluding carboxylic acids is 1. The van der Waals surface area contributed by atoms with Crippen molar-refractivity contribution in [1.82, 2.24) is 20.2 Å². The standard InChI is InChI=1S/C14H17F2N5O2S/c1-8(2)21-14(18-19-20-21)24-9(3)12(22)17-10-4-6-11(7-5-10)23-13(15)16/h4-9,13H,1-3H3,(H,17,22). The highest BCUT2D eigenvalue weighted by atomic mass is 32.2. The van der Waals surface area contributed by atoms with Gasteiger partial charge in [0.1, 0.15) is 5.75 Å². The van der Waals surface area contributed by atoms with Crippen molar-refractivity contribution >= 4 is 23.4 Å². The Hall–Kier alpha value is -2.23. The number of rotatable bonds is 7. The minimum atomic E-state index is -2.88. The number of hydrogen-bond acceptors (Lipinski definition) is 6. The van der Waals surface area contributed by atoms with E-state index in [1.54, 1.807) is 11.6 Å². The Morgan fingerprint density at radius 1 is 1.25 bits per heavy atom. The van der Waals surface area contributed by atoms with Crippen LogP contribution in [-0.4, -0.2) is 38.0 Å². The van der Waals surface area contributed by atoms with Crippen LogP contribution >= 0.6 is 11.8 Å². The van der Waals surface area contributed by atoms with Gasteiger partial charge in [0.25, 0.3) is 0 Å². The maximum Gasteiger partial charge on any atom is 0.387 e. The van der Waals surface area contributed by atoms with Crippen molar-refractivity contribution in [2.24, 2.45) is 0 Å². The van der Waals surface area contributed by atoms with Crippen molar-refractivity contribution in [3.05, 3.63) is 24.3 Å². The summed E-state index contributed by atoms with van der Waals surface area (Å²) in [6, 6.07) is 5.79. The molecule has 24 heavy (non-hydrogen) atoms. The number of hydrogen-bond donors (Lipinski definition) is 1. The SMILES string of the molecule is CC(Sc1nnnn1C(C)C)C(=O)Nc1ccc(OC(F)F)cc1. The van der Waals surface area contributed by atoms with Crippen LogP contribution in [0.4, 0.5) is 14.5 Å². The van der Waals surface area contributed by atoms with Crippen LogP contribution in [-0.2, 0) is 4.79 Å². The lowest BCUT2D eigenvalue weighted by Gasteiger charge is -2.13. The fourth-order valence-electron chi connectivity index (χ4n) is 1.76. The molecule has 0 saturated heterocycles. The molecule has 0 aliphatic carbocycles. The van der Waals surface area contributed by atoms with E-state index in [1.807, 2.05) is 13.8 Å². The maximum atomic E-state index is 12.2. The van der Waals surface area contributed by atoms with Crippen LogP contribution in [0, 0.1) is 0 Å². The molecule has 7 nitrogen and oxygen atoms in total. The van der Waals surface area contributed by atoms with E-state index >= 15 is 0 Å². The van der Waals surface area contributed by atoms with E-state index in [0.29, 0.717) is 10.8 Å². The number of aromatic nitrogens is 4. The molecule has 0 bridgehead atoms. The summed E-state index contributed by atoms with van der Waals surface area (Å²) in [6.07, 6.45) is 0. The van der Waals surface area contributed by atoms with Crippen LogP contribution in [0.3, 0.4) is 0 Å². The molecule has 0 saturated carbocycles. The minimum absolute atomic E-state index is 0.0292. The van der Waals surface area contributed by atoms with Gasteiger partial charge in [-0.25, -0.2) is 4.68 Å². The van der Waals surface area contributed by atoms with Crippen LogP contribution in [0.15, 0.2) is 29.4 Å². The first-order valence-electron chi connectivity index (χ1n) is 7.17. The van der Waals surface area contributed by atoms with E-state index in [0.717, 1.165) is 0 Å². The molecule has 1 amide bonds. The number of ether oxygens (including phenoxy) is 1. The third-order valence-electron chi connectivity index (χ3n) is 2.95. The van der Waals surface area contributed by atoms with Crippen LogP contribution < -0.4 is 10.1 Å². The molecule has 0 fully saturated rings. The van der Waals surface area contributed by atoms with Crippen molar-refractivity contribution in [1.29, 1.82) is 0 Å². The second-order valence-electron chi connectivity index (χ2n) is 5.15. The lowest BCUT2D eigenvalue weighted by Crippen LogP contribution is -2.23. The van der Waals surface area contributed by atoms with Gasteiger partial charge in [0.15, 0.2) is 0 Å². The number of thioether (sulfide) groups is 1. The van der Waals surface area contributed by atoms with E-state index < -0.39 is 11.9 Å². The van der Waals surface area contributed by atoms with Gasteiger partial charge in [-0.05, 0) is 55.5 Å². The molecule has 2 rings (SSSR count). The summed E-state index contributed by atoms with van der Waals surface area (Å²) in [5.41, 5.74) is 0.484. The number of alkyl halides is 2. The molecule has 0 aliphatic heterocycles. The summed E-state index contributed by atoms with van der Waals surface area (Å²) in [4.78, 5) is 12.2. The zero-order valence-corrected chi connectivity index (χ0v) is 14.1. The quantitative estimate of drug-likeness (QED) is 0.767. The Bertz CT molecular complexity index is 678. The molecule has 1 heterocycles. The van der Waals surface area contributed by atoms with Crippen molar-refractivity contribution < 1.29 is 18.3 Å². The van der Waals surface area contributed by atoms with Crippen LogP contribution in [0.5, 0.6) is 5.75 Å². The number of carbonyl (C=O) groups is 1. The lowest BCUT2D eigenvalue weighted by molar-refractivity contribution is -0.115. The molecular formula is C14H17F2N5O2S. The highest BCUT2D eigenvalue weighted by molar-refractivity contribution is 8.00. The first kappa shape index (κ1) is 18.1. The van der Waals surface area contributed by atoms with Crippen molar-refractivity contribution in [3.8, 4) is 5.75 Å². The zero-order valence-electron chi connectivity index (χ0n) is 13.3. The summed E-state index contributed by atoms with van der Waals surface area (Å²) in [5, 5.41) is 14.2. The van der Waals surface area contributed by atoms with Crippen LogP contribution in [0.25, 0.3) is 0 Å². The minimum Gasteiger partial charge on any atom is -0.435 e. The molecule has 1 aromatic heterocycles. The zero-order chi connectivity index (χ0) is 17.7. The van der Waals surface area contributed by atoms with E-state index in [1.165, 1.54) is 36.0 Å². The molecule has 0 spiro atoms. The van der Waals surface area contributed by atoms with E-state index in [-0.39, 0.29) is 17.7 Å². The van der Waals surface area contributed by atoms with Gasteiger partial charge in [0, 0.05) is 5.69 Å². The number of halogens is 2. The topological polar surface area (TPSA) is 81.9 Å². The fourth-order valence-corrected chi connectivity index (χ4v) is 2.68. The molecule has 1 aromatic carbocycles. The van der Waals surface area contributed by atoms with E-state index in [4.69, 9.17) is 0 Å².